The summed E-state index contributed by atoms with van der Waals surface area (Å²) >= 11 is 6.01. The smallest absolute Gasteiger partial charge is 0.140 e. The van der Waals surface area contributed by atoms with Gasteiger partial charge in [-0.2, -0.15) is 0 Å². The van der Waals surface area contributed by atoms with Crippen molar-refractivity contribution < 1.29 is 4.79 Å². The van der Waals surface area contributed by atoms with Gasteiger partial charge in [-0.3, -0.25) is 9.78 Å². The van der Waals surface area contributed by atoms with Crippen molar-refractivity contribution in [2.24, 2.45) is 5.92 Å². The number of ketones is 1. The fourth-order valence-electron chi connectivity index (χ4n) is 1.92. The van der Waals surface area contributed by atoms with E-state index in [4.69, 9.17) is 11.6 Å². The highest BCUT2D eigenvalue weighted by Gasteiger charge is 2.17. The van der Waals surface area contributed by atoms with E-state index >= 15 is 0 Å². The Balaban J connectivity index is 2.61. The van der Waals surface area contributed by atoms with Crippen LogP contribution >= 0.6 is 11.6 Å². The van der Waals surface area contributed by atoms with Crippen LogP contribution in [0.4, 0.5) is 0 Å². The molecule has 3 heteroatoms. The Bertz CT molecular complexity index is 365. The summed E-state index contributed by atoms with van der Waals surface area (Å²) in [7, 11) is 0. The summed E-state index contributed by atoms with van der Waals surface area (Å²) < 4.78 is 0. The van der Waals surface area contributed by atoms with Crippen LogP contribution in [0.3, 0.4) is 0 Å². The van der Waals surface area contributed by atoms with Gasteiger partial charge in [-0.1, -0.05) is 38.3 Å². The van der Waals surface area contributed by atoms with Crippen molar-refractivity contribution in [1.82, 2.24) is 4.98 Å². The van der Waals surface area contributed by atoms with Gasteiger partial charge in [-0.25, -0.2) is 0 Å². The molecule has 1 atom stereocenters. The van der Waals surface area contributed by atoms with Gasteiger partial charge < -0.3 is 0 Å². The molecule has 1 aromatic heterocycles. The largest absolute Gasteiger partial charge is 0.299 e. The first kappa shape index (κ1) is 14.2. The molecule has 0 aliphatic rings. The van der Waals surface area contributed by atoms with Gasteiger partial charge in [0, 0.05) is 24.7 Å². The normalized spacial score (nSPS) is 12.4. The summed E-state index contributed by atoms with van der Waals surface area (Å²) in [5.74, 6) is 0.480. The Morgan fingerprint density at radius 3 is 2.82 bits per heavy atom. The van der Waals surface area contributed by atoms with Crippen molar-refractivity contribution in [3.8, 4) is 0 Å². The van der Waals surface area contributed by atoms with Gasteiger partial charge in [0.15, 0.2) is 0 Å². The fraction of sp³-hybridized carbons (Fsp3) is 0.571. The quantitative estimate of drug-likeness (QED) is 0.733. The molecule has 94 valence electrons. The maximum Gasteiger partial charge on any atom is 0.140 e. The highest BCUT2D eigenvalue weighted by Crippen LogP contribution is 2.19. The van der Waals surface area contributed by atoms with E-state index in [9.17, 15) is 4.79 Å². The molecule has 0 saturated carbocycles. The molecule has 1 rings (SSSR count). The zero-order chi connectivity index (χ0) is 12.7. The second-order valence-electron chi connectivity index (χ2n) is 4.36. The van der Waals surface area contributed by atoms with Crippen LogP contribution in [0.25, 0.3) is 0 Å². The van der Waals surface area contributed by atoms with Gasteiger partial charge in [-0.05, 0) is 24.5 Å². The average Bonchev–Trinajstić information content (AvgIpc) is 2.33. The van der Waals surface area contributed by atoms with Crippen LogP contribution in [0.5, 0.6) is 0 Å². The maximum atomic E-state index is 12.1. The van der Waals surface area contributed by atoms with Crippen LogP contribution in [-0.4, -0.2) is 10.8 Å². The number of rotatable bonds is 7. The third-order valence-corrected chi connectivity index (χ3v) is 3.42. The van der Waals surface area contributed by atoms with Crippen molar-refractivity contribution in [2.45, 2.75) is 46.0 Å². The number of hydrogen-bond donors (Lipinski definition) is 0. The SMILES string of the molecule is CCCCC(CC)C(=O)Cc1ccncc1Cl. The summed E-state index contributed by atoms with van der Waals surface area (Å²) in [5, 5.41) is 0.589. The number of carbonyl (C=O) groups excluding carboxylic acids is 1. The van der Waals surface area contributed by atoms with Gasteiger partial charge in [-0.15, -0.1) is 0 Å². The van der Waals surface area contributed by atoms with Crippen LogP contribution in [0, 0.1) is 5.92 Å². The molecule has 1 aromatic rings. The minimum atomic E-state index is 0.180. The highest BCUT2D eigenvalue weighted by molar-refractivity contribution is 6.31. The molecule has 0 aromatic carbocycles. The van der Waals surface area contributed by atoms with Crippen molar-refractivity contribution in [3.05, 3.63) is 29.0 Å². The molecule has 0 saturated heterocycles. The zero-order valence-electron chi connectivity index (χ0n) is 10.6. The molecule has 1 heterocycles. The first-order chi connectivity index (χ1) is 8.19. The predicted octanol–water partition coefficient (Wildman–Crippen LogP) is 4.06. The van der Waals surface area contributed by atoms with E-state index in [1.165, 1.54) is 0 Å². The van der Waals surface area contributed by atoms with Gasteiger partial charge in [0.1, 0.15) is 5.78 Å². The van der Waals surface area contributed by atoms with Gasteiger partial charge in [0.2, 0.25) is 0 Å². The Kier molecular flexibility index (Phi) is 6.20. The third-order valence-electron chi connectivity index (χ3n) is 3.08. The number of nitrogens with zero attached hydrogens (tertiary/aromatic N) is 1. The first-order valence-electron chi connectivity index (χ1n) is 6.30. The van der Waals surface area contributed by atoms with E-state index in [0.717, 1.165) is 31.2 Å². The molecule has 0 amide bonds. The molecule has 0 spiro atoms. The van der Waals surface area contributed by atoms with Crippen molar-refractivity contribution in [3.63, 3.8) is 0 Å². The summed E-state index contributed by atoms with van der Waals surface area (Å²) in [4.78, 5) is 16.0. The number of Topliss-reactive ketones (excluding diaryl/α,β-unsaturated/α-hetero) is 1. The number of aromatic nitrogens is 1. The monoisotopic (exact) mass is 253 g/mol. The van der Waals surface area contributed by atoms with Gasteiger partial charge in [0.05, 0.1) is 5.02 Å². The van der Waals surface area contributed by atoms with Gasteiger partial charge >= 0.3 is 0 Å². The van der Waals surface area contributed by atoms with E-state index in [0.29, 0.717) is 17.2 Å². The molecule has 1 unspecified atom stereocenters. The van der Waals surface area contributed by atoms with Crippen molar-refractivity contribution in [2.75, 3.05) is 0 Å². The van der Waals surface area contributed by atoms with E-state index in [2.05, 4.69) is 18.8 Å². The molecular weight excluding hydrogens is 234 g/mol. The second kappa shape index (κ2) is 7.44. The van der Waals surface area contributed by atoms with Gasteiger partial charge in [0.25, 0.3) is 0 Å². The topological polar surface area (TPSA) is 30.0 Å². The minimum Gasteiger partial charge on any atom is -0.299 e. The predicted molar refractivity (Wildman–Crippen MR) is 71.3 cm³/mol. The van der Waals surface area contributed by atoms with Crippen LogP contribution in [0.2, 0.25) is 5.02 Å². The average molecular weight is 254 g/mol. The van der Waals surface area contributed by atoms with E-state index in [1.807, 2.05) is 6.07 Å². The minimum absolute atomic E-state index is 0.180. The molecule has 0 N–H and O–H groups in total. The third kappa shape index (κ3) is 4.47. The Labute approximate surface area is 108 Å². The number of unbranched alkanes of at least 4 members (excludes halogenated alkanes) is 1. The van der Waals surface area contributed by atoms with Crippen molar-refractivity contribution >= 4 is 17.4 Å². The summed E-state index contributed by atoms with van der Waals surface area (Å²) in [6.45, 7) is 4.23. The van der Waals surface area contributed by atoms with Crippen LogP contribution in [0.15, 0.2) is 18.5 Å². The van der Waals surface area contributed by atoms with E-state index < -0.39 is 0 Å². The number of halogens is 1. The zero-order valence-corrected chi connectivity index (χ0v) is 11.3. The Morgan fingerprint density at radius 1 is 1.47 bits per heavy atom. The fourth-order valence-corrected chi connectivity index (χ4v) is 2.11. The Morgan fingerprint density at radius 2 is 2.24 bits per heavy atom. The molecule has 0 aliphatic carbocycles. The van der Waals surface area contributed by atoms with Crippen LogP contribution in [-0.2, 0) is 11.2 Å². The summed E-state index contributed by atoms with van der Waals surface area (Å²) in [6, 6.07) is 1.83. The molecule has 0 fully saturated rings. The lowest BCUT2D eigenvalue weighted by atomic mass is 9.91. The Hall–Kier alpha value is -0.890. The number of hydrogen-bond acceptors (Lipinski definition) is 2. The summed E-state index contributed by atoms with van der Waals surface area (Å²) in [6.07, 6.45) is 7.88. The highest BCUT2D eigenvalue weighted by atomic mass is 35.5. The standard InChI is InChI=1S/C14H20ClNO/c1-3-5-6-11(4-2)14(17)9-12-7-8-16-10-13(12)15/h7-8,10-11H,3-6,9H2,1-2H3. The van der Waals surface area contributed by atoms with E-state index in [1.54, 1.807) is 12.4 Å². The molecule has 0 aliphatic heterocycles. The molecule has 17 heavy (non-hydrogen) atoms. The maximum absolute atomic E-state index is 12.1. The first-order valence-corrected chi connectivity index (χ1v) is 6.67. The molecular formula is C14H20ClNO. The van der Waals surface area contributed by atoms with Crippen LogP contribution in [0.1, 0.15) is 45.1 Å². The second-order valence-corrected chi connectivity index (χ2v) is 4.76. The van der Waals surface area contributed by atoms with Crippen LogP contribution < -0.4 is 0 Å². The summed E-state index contributed by atoms with van der Waals surface area (Å²) in [5.41, 5.74) is 0.890. The number of carbonyl (C=O) groups is 1. The number of pyridine rings is 1. The van der Waals surface area contributed by atoms with Crippen molar-refractivity contribution in [1.29, 1.82) is 0 Å². The molecule has 0 bridgehead atoms. The lowest BCUT2D eigenvalue weighted by Gasteiger charge is -2.13. The molecule has 0 radical (unpaired) electrons. The van der Waals surface area contributed by atoms with E-state index in [-0.39, 0.29) is 5.92 Å². The lowest BCUT2D eigenvalue weighted by Crippen LogP contribution is -2.16. The molecule has 2 nitrogen and oxygen atoms in total. The lowest BCUT2D eigenvalue weighted by molar-refractivity contribution is -0.122.